The Hall–Kier alpha value is -1.92. The van der Waals surface area contributed by atoms with E-state index < -0.39 is 0 Å². The van der Waals surface area contributed by atoms with Crippen LogP contribution in [0.25, 0.3) is 0 Å². The number of aromatic nitrogens is 3. The highest BCUT2D eigenvalue weighted by atomic mass is 16.5. The van der Waals surface area contributed by atoms with Crippen LogP contribution in [0.3, 0.4) is 0 Å². The molecule has 6 nitrogen and oxygen atoms in total. The summed E-state index contributed by atoms with van der Waals surface area (Å²) < 4.78 is 13.8. The maximum Gasteiger partial charge on any atom is 0.213 e. The van der Waals surface area contributed by atoms with E-state index in [9.17, 15) is 0 Å². The van der Waals surface area contributed by atoms with Crippen LogP contribution in [0.5, 0.6) is 5.88 Å². The number of hydrogen-bond donors (Lipinski definition) is 0. The van der Waals surface area contributed by atoms with Gasteiger partial charge in [0, 0.05) is 57.3 Å². The maximum absolute atomic E-state index is 6.15. The van der Waals surface area contributed by atoms with Crippen molar-refractivity contribution < 1.29 is 9.47 Å². The molecule has 0 aromatic carbocycles. The van der Waals surface area contributed by atoms with Crippen molar-refractivity contribution in [1.29, 1.82) is 0 Å². The summed E-state index contributed by atoms with van der Waals surface area (Å²) >= 11 is 0. The number of aryl methyl sites for hydroxylation is 1. The quantitative estimate of drug-likeness (QED) is 0.806. The van der Waals surface area contributed by atoms with Crippen LogP contribution >= 0.6 is 0 Å². The lowest BCUT2D eigenvalue weighted by atomic mass is 9.79. The van der Waals surface area contributed by atoms with Crippen LogP contribution in [-0.2, 0) is 18.3 Å². The molecule has 2 aromatic heterocycles. The molecule has 0 amide bonds. The van der Waals surface area contributed by atoms with Gasteiger partial charge in [-0.1, -0.05) is 6.07 Å². The molecule has 2 aliphatic heterocycles. The van der Waals surface area contributed by atoms with E-state index in [4.69, 9.17) is 9.47 Å². The maximum atomic E-state index is 6.15. The zero-order valence-electron chi connectivity index (χ0n) is 14.8. The number of rotatable bonds is 6. The van der Waals surface area contributed by atoms with Gasteiger partial charge in [0.1, 0.15) is 0 Å². The van der Waals surface area contributed by atoms with Crippen LogP contribution in [-0.4, -0.2) is 51.6 Å². The molecule has 1 spiro atoms. The molecule has 0 bridgehead atoms. The molecule has 0 saturated carbocycles. The summed E-state index contributed by atoms with van der Waals surface area (Å²) in [7, 11) is 1.96. The first-order valence-corrected chi connectivity index (χ1v) is 9.08. The molecular formula is C19H26N4O2. The van der Waals surface area contributed by atoms with Crippen molar-refractivity contribution in [3.05, 3.63) is 42.4 Å². The minimum Gasteiger partial charge on any atom is -0.478 e. The number of pyridine rings is 1. The lowest BCUT2D eigenvalue weighted by Crippen LogP contribution is -2.64. The number of hydrogen-bond acceptors (Lipinski definition) is 5. The Labute approximate surface area is 148 Å². The predicted molar refractivity (Wildman–Crippen MR) is 94.2 cm³/mol. The van der Waals surface area contributed by atoms with Crippen molar-refractivity contribution in [3.63, 3.8) is 0 Å². The van der Waals surface area contributed by atoms with Crippen LogP contribution in [0.1, 0.15) is 24.8 Å². The second-order valence-electron chi connectivity index (χ2n) is 7.36. The number of ether oxygens (including phenoxy) is 2. The van der Waals surface area contributed by atoms with Crippen LogP contribution in [0.4, 0.5) is 0 Å². The van der Waals surface area contributed by atoms with Gasteiger partial charge in [-0.15, -0.1) is 0 Å². The molecule has 4 rings (SSSR count). The average Bonchev–Trinajstić information content (AvgIpc) is 3.00. The van der Waals surface area contributed by atoms with Crippen LogP contribution in [0.2, 0.25) is 0 Å². The third kappa shape index (κ3) is 4.02. The first-order valence-electron chi connectivity index (χ1n) is 9.08. The minimum absolute atomic E-state index is 0.0656. The normalized spacial score (nSPS) is 22.7. The van der Waals surface area contributed by atoms with Crippen molar-refractivity contribution in [2.75, 3.05) is 26.3 Å². The van der Waals surface area contributed by atoms with Crippen molar-refractivity contribution in [1.82, 2.24) is 19.7 Å². The fourth-order valence-electron chi connectivity index (χ4n) is 4.05. The predicted octanol–water partition coefficient (Wildman–Crippen LogP) is 2.27. The van der Waals surface area contributed by atoms with Gasteiger partial charge in [-0.05, 0) is 31.2 Å². The molecule has 2 aromatic rings. The molecule has 1 atom stereocenters. The van der Waals surface area contributed by atoms with E-state index in [1.807, 2.05) is 36.1 Å². The van der Waals surface area contributed by atoms with Gasteiger partial charge in [-0.25, -0.2) is 4.98 Å². The molecule has 4 heterocycles. The molecule has 0 N–H and O–H groups in total. The second kappa shape index (κ2) is 7.14. The first kappa shape index (κ1) is 16.5. The van der Waals surface area contributed by atoms with Crippen molar-refractivity contribution in [2.45, 2.75) is 31.4 Å². The van der Waals surface area contributed by atoms with Crippen LogP contribution < -0.4 is 4.74 Å². The highest BCUT2D eigenvalue weighted by Gasteiger charge is 2.47. The lowest BCUT2D eigenvalue weighted by Gasteiger charge is -2.53. The first-order chi connectivity index (χ1) is 12.2. The molecule has 134 valence electrons. The monoisotopic (exact) mass is 342 g/mol. The average molecular weight is 342 g/mol. The molecule has 2 fully saturated rings. The van der Waals surface area contributed by atoms with Gasteiger partial charge in [0.15, 0.2) is 0 Å². The van der Waals surface area contributed by atoms with E-state index in [-0.39, 0.29) is 5.60 Å². The van der Waals surface area contributed by atoms with Gasteiger partial charge in [0.25, 0.3) is 0 Å². The van der Waals surface area contributed by atoms with Gasteiger partial charge in [0.05, 0.1) is 18.4 Å². The second-order valence-corrected chi connectivity index (χ2v) is 7.36. The smallest absolute Gasteiger partial charge is 0.213 e. The van der Waals surface area contributed by atoms with Crippen molar-refractivity contribution in [3.8, 4) is 5.88 Å². The molecule has 0 radical (unpaired) electrons. The van der Waals surface area contributed by atoms with Gasteiger partial charge in [-0.3, -0.25) is 9.58 Å². The number of nitrogens with zero attached hydrogens (tertiary/aromatic N) is 4. The lowest BCUT2D eigenvalue weighted by molar-refractivity contribution is -0.182. The summed E-state index contributed by atoms with van der Waals surface area (Å²) in [5.41, 5.74) is 1.34. The van der Waals surface area contributed by atoms with E-state index in [2.05, 4.69) is 21.2 Å². The van der Waals surface area contributed by atoms with Crippen molar-refractivity contribution in [2.24, 2.45) is 13.0 Å². The van der Waals surface area contributed by atoms with E-state index in [0.29, 0.717) is 5.92 Å². The third-order valence-corrected chi connectivity index (χ3v) is 5.20. The Morgan fingerprint density at radius 1 is 1.36 bits per heavy atom. The summed E-state index contributed by atoms with van der Waals surface area (Å²) in [6.07, 6.45) is 9.15. The summed E-state index contributed by atoms with van der Waals surface area (Å²) in [5, 5.41) is 4.24. The third-order valence-electron chi connectivity index (χ3n) is 5.20. The molecule has 0 aliphatic carbocycles. The van der Waals surface area contributed by atoms with Gasteiger partial charge >= 0.3 is 0 Å². The standard InChI is InChI=1S/C19H26N4O2/c1-22-12-17(11-21-22)13-23-14-19(15-23)10-16(6-9-25-19)5-8-24-18-4-2-3-7-20-18/h2-4,7,11-12,16H,5-6,8-10,13-15H2,1H3. The highest BCUT2D eigenvalue weighted by molar-refractivity contribution is 5.09. The zero-order chi connectivity index (χ0) is 17.1. The molecule has 2 saturated heterocycles. The Morgan fingerprint density at radius 3 is 3.04 bits per heavy atom. The van der Waals surface area contributed by atoms with E-state index in [0.717, 1.165) is 58.0 Å². The fourth-order valence-corrected chi connectivity index (χ4v) is 4.05. The van der Waals surface area contributed by atoms with E-state index >= 15 is 0 Å². The summed E-state index contributed by atoms with van der Waals surface area (Å²) in [6, 6.07) is 5.77. The highest BCUT2D eigenvalue weighted by Crippen LogP contribution is 2.38. The minimum atomic E-state index is 0.0656. The summed E-state index contributed by atoms with van der Waals surface area (Å²) in [6.45, 7) is 4.62. The molecular weight excluding hydrogens is 316 g/mol. The van der Waals surface area contributed by atoms with Crippen LogP contribution in [0.15, 0.2) is 36.8 Å². The van der Waals surface area contributed by atoms with E-state index in [1.165, 1.54) is 5.56 Å². The van der Waals surface area contributed by atoms with Gasteiger partial charge in [-0.2, -0.15) is 5.10 Å². The topological polar surface area (TPSA) is 52.4 Å². The SMILES string of the molecule is Cn1cc(CN2CC3(CC(CCOc4ccccn4)CCO3)C2)cn1. The van der Waals surface area contributed by atoms with Gasteiger partial charge in [0.2, 0.25) is 5.88 Å². The Balaban J connectivity index is 1.22. The Morgan fingerprint density at radius 2 is 2.28 bits per heavy atom. The largest absolute Gasteiger partial charge is 0.478 e. The molecule has 25 heavy (non-hydrogen) atoms. The Bertz CT molecular complexity index is 682. The van der Waals surface area contributed by atoms with Crippen LogP contribution in [0, 0.1) is 5.92 Å². The summed E-state index contributed by atoms with van der Waals surface area (Å²) in [4.78, 5) is 6.66. The van der Waals surface area contributed by atoms with Gasteiger partial charge < -0.3 is 9.47 Å². The summed E-state index contributed by atoms with van der Waals surface area (Å²) in [5.74, 6) is 1.40. The fraction of sp³-hybridized carbons (Fsp3) is 0.579. The molecule has 1 unspecified atom stereocenters. The molecule has 2 aliphatic rings. The van der Waals surface area contributed by atoms with E-state index in [1.54, 1.807) is 6.20 Å². The Kier molecular flexibility index (Phi) is 4.72. The molecule has 6 heteroatoms. The zero-order valence-corrected chi connectivity index (χ0v) is 14.8. The van der Waals surface area contributed by atoms with Crippen molar-refractivity contribution >= 4 is 0 Å². The number of likely N-dealkylation sites (tertiary alicyclic amines) is 1.